The van der Waals surface area contributed by atoms with E-state index in [1.54, 1.807) is 0 Å². The molecule has 0 aromatic rings. The SMILES string of the molecule is CCC(C)OCC1CCC(COCCCC(=O)NC2CCC(C(=O)C(C)C)CC2)CC1.[HH]. The number of amides is 1. The molecule has 0 heterocycles. The smallest absolute Gasteiger partial charge is 0.220 e. The molecule has 2 aliphatic carbocycles. The van der Waals surface area contributed by atoms with Crippen molar-refractivity contribution in [3.05, 3.63) is 0 Å². The van der Waals surface area contributed by atoms with Crippen molar-refractivity contribution in [3.63, 3.8) is 0 Å². The predicted molar refractivity (Wildman–Crippen MR) is 127 cm³/mol. The minimum absolute atomic E-state index is 0. The third-order valence-electron chi connectivity index (χ3n) is 7.27. The van der Waals surface area contributed by atoms with Crippen molar-refractivity contribution in [2.75, 3.05) is 19.8 Å². The molecule has 1 unspecified atom stereocenters. The Morgan fingerprint density at radius 2 is 1.55 bits per heavy atom. The van der Waals surface area contributed by atoms with Crippen LogP contribution in [0.25, 0.3) is 0 Å². The molecular formula is C26H49NO4. The number of Topliss-reactive ketones (excluding diaryl/α,β-unsaturated/α-hetero) is 1. The van der Waals surface area contributed by atoms with Crippen molar-refractivity contribution in [2.45, 2.75) is 110 Å². The van der Waals surface area contributed by atoms with Crippen LogP contribution in [0.2, 0.25) is 0 Å². The first-order valence-corrected chi connectivity index (χ1v) is 12.9. The number of rotatable bonds is 13. The standard InChI is InChI=1S/C26H47NO4.H2/c1-5-20(4)31-18-22-10-8-21(9-11-22)17-30-16-6-7-25(28)27-24-14-12-23(13-15-24)26(29)19(2)3;/h19-24H,5-18H2,1-4H3,(H,27,28);1H. The van der Waals surface area contributed by atoms with Crippen LogP contribution in [0.3, 0.4) is 0 Å². The molecule has 2 saturated carbocycles. The molecule has 0 bridgehead atoms. The zero-order valence-corrected chi connectivity index (χ0v) is 20.5. The maximum Gasteiger partial charge on any atom is 0.220 e. The Hall–Kier alpha value is -0.940. The Balaban J connectivity index is 0.00000512. The van der Waals surface area contributed by atoms with Crippen molar-refractivity contribution in [1.29, 1.82) is 0 Å². The van der Waals surface area contributed by atoms with E-state index in [1.165, 1.54) is 25.7 Å². The molecule has 1 amide bonds. The van der Waals surface area contributed by atoms with Gasteiger partial charge in [-0.05, 0) is 83.0 Å². The summed E-state index contributed by atoms with van der Waals surface area (Å²) in [6.07, 6.45) is 11.4. The number of ether oxygens (including phenoxy) is 2. The van der Waals surface area contributed by atoms with Crippen molar-refractivity contribution >= 4 is 11.7 Å². The Bertz CT molecular complexity index is 526. The summed E-state index contributed by atoms with van der Waals surface area (Å²) in [6, 6.07) is 0.240. The van der Waals surface area contributed by atoms with Crippen molar-refractivity contribution < 1.29 is 20.5 Å². The summed E-state index contributed by atoms with van der Waals surface area (Å²) in [5, 5.41) is 3.16. The van der Waals surface area contributed by atoms with Gasteiger partial charge in [0.05, 0.1) is 6.10 Å². The van der Waals surface area contributed by atoms with Gasteiger partial charge in [-0.3, -0.25) is 9.59 Å². The molecule has 0 aliphatic heterocycles. The monoisotopic (exact) mass is 439 g/mol. The number of carbonyl (C=O) groups is 2. The highest BCUT2D eigenvalue weighted by atomic mass is 16.5. The quantitative estimate of drug-likeness (QED) is 0.382. The number of hydrogen-bond donors (Lipinski definition) is 1. The van der Waals surface area contributed by atoms with Gasteiger partial charge in [-0.1, -0.05) is 20.8 Å². The lowest BCUT2D eigenvalue weighted by Crippen LogP contribution is -2.39. The molecule has 31 heavy (non-hydrogen) atoms. The Labute approximate surface area is 191 Å². The van der Waals surface area contributed by atoms with Gasteiger partial charge in [0.1, 0.15) is 5.78 Å². The summed E-state index contributed by atoms with van der Waals surface area (Å²) in [5.74, 6) is 2.21. The topological polar surface area (TPSA) is 64.6 Å². The van der Waals surface area contributed by atoms with Crippen LogP contribution in [-0.4, -0.2) is 43.7 Å². The predicted octanol–water partition coefficient (Wildman–Crippen LogP) is 5.55. The highest BCUT2D eigenvalue weighted by Crippen LogP contribution is 2.30. The van der Waals surface area contributed by atoms with Gasteiger partial charge in [-0.15, -0.1) is 0 Å². The van der Waals surface area contributed by atoms with E-state index in [0.29, 0.717) is 36.8 Å². The van der Waals surface area contributed by atoms with Crippen LogP contribution in [0, 0.1) is 23.7 Å². The number of hydrogen-bond acceptors (Lipinski definition) is 4. The van der Waals surface area contributed by atoms with Crippen molar-refractivity contribution in [2.24, 2.45) is 23.7 Å². The molecule has 0 saturated heterocycles. The summed E-state index contributed by atoms with van der Waals surface area (Å²) in [7, 11) is 0. The average molecular weight is 440 g/mol. The van der Waals surface area contributed by atoms with Crippen LogP contribution in [0.15, 0.2) is 0 Å². The van der Waals surface area contributed by atoms with Gasteiger partial charge in [-0.2, -0.15) is 0 Å². The molecule has 2 aliphatic rings. The Morgan fingerprint density at radius 1 is 0.935 bits per heavy atom. The summed E-state index contributed by atoms with van der Waals surface area (Å²) in [5.41, 5.74) is 0. The molecule has 182 valence electrons. The van der Waals surface area contributed by atoms with E-state index in [0.717, 1.165) is 51.7 Å². The number of carbonyl (C=O) groups excluding carboxylic acids is 2. The Kier molecular flexibility index (Phi) is 12.1. The highest BCUT2D eigenvalue weighted by molar-refractivity contribution is 5.83. The van der Waals surface area contributed by atoms with Crippen LogP contribution in [0.4, 0.5) is 0 Å². The van der Waals surface area contributed by atoms with Crippen LogP contribution in [-0.2, 0) is 19.1 Å². The molecule has 2 fully saturated rings. The second-order valence-corrected chi connectivity index (χ2v) is 10.3. The van der Waals surface area contributed by atoms with Crippen LogP contribution in [0.1, 0.15) is 99.8 Å². The zero-order valence-electron chi connectivity index (χ0n) is 20.5. The van der Waals surface area contributed by atoms with E-state index in [4.69, 9.17) is 9.47 Å². The lowest BCUT2D eigenvalue weighted by Gasteiger charge is -2.29. The normalized spacial score (nSPS) is 27.8. The van der Waals surface area contributed by atoms with Gasteiger partial charge >= 0.3 is 0 Å². The van der Waals surface area contributed by atoms with Crippen LogP contribution < -0.4 is 5.32 Å². The van der Waals surface area contributed by atoms with Gasteiger partial charge in [0.25, 0.3) is 0 Å². The summed E-state index contributed by atoms with van der Waals surface area (Å²) < 4.78 is 11.8. The maximum atomic E-state index is 12.2. The molecule has 5 nitrogen and oxygen atoms in total. The fourth-order valence-electron chi connectivity index (χ4n) is 4.86. The highest BCUT2D eigenvalue weighted by Gasteiger charge is 2.28. The number of nitrogens with one attached hydrogen (secondary N) is 1. The molecular weight excluding hydrogens is 390 g/mol. The molecule has 0 aromatic carbocycles. The molecule has 1 N–H and O–H groups in total. The van der Waals surface area contributed by atoms with Gasteiger partial charge in [0, 0.05) is 45.5 Å². The van der Waals surface area contributed by atoms with Crippen molar-refractivity contribution in [1.82, 2.24) is 5.32 Å². The van der Waals surface area contributed by atoms with Crippen LogP contribution in [0.5, 0.6) is 0 Å². The van der Waals surface area contributed by atoms with Crippen LogP contribution >= 0.6 is 0 Å². The second kappa shape index (κ2) is 14.3. The summed E-state index contributed by atoms with van der Waals surface area (Å²) in [6.45, 7) is 10.7. The first kappa shape index (κ1) is 26.3. The van der Waals surface area contributed by atoms with E-state index in [-0.39, 0.29) is 25.2 Å². The molecule has 1 atom stereocenters. The molecule has 0 spiro atoms. The zero-order chi connectivity index (χ0) is 22.6. The van der Waals surface area contributed by atoms with E-state index in [2.05, 4.69) is 19.2 Å². The third kappa shape index (κ3) is 10.0. The first-order valence-electron chi connectivity index (χ1n) is 12.9. The molecule has 5 heteroatoms. The fraction of sp³-hybridized carbons (Fsp3) is 0.923. The van der Waals surface area contributed by atoms with Crippen molar-refractivity contribution in [3.8, 4) is 0 Å². The molecule has 0 aromatic heterocycles. The lowest BCUT2D eigenvalue weighted by atomic mass is 9.80. The first-order chi connectivity index (χ1) is 14.9. The van der Waals surface area contributed by atoms with E-state index < -0.39 is 0 Å². The minimum Gasteiger partial charge on any atom is -0.381 e. The van der Waals surface area contributed by atoms with Gasteiger partial charge in [0.15, 0.2) is 0 Å². The second-order valence-electron chi connectivity index (χ2n) is 10.3. The molecule has 2 rings (SSSR count). The average Bonchev–Trinajstić information content (AvgIpc) is 2.78. The minimum atomic E-state index is 0. The van der Waals surface area contributed by atoms with E-state index >= 15 is 0 Å². The summed E-state index contributed by atoms with van der Waals surface area (Å²) in [4.78, 5) is 24.3. The lowest BCUT2D eigenvalue weighted by molar-refractivity contribution is -0.127. The largest absolute Gasteiger partial charge is 0.381 e. The maximum absolute atomic E-state index is 12.2. The number of ketones is 1. The van der Waals surface area contributed by atoms with E-state index in [9.17, 15) is 9.59 Å². The van der Waals surface area contributed by atoms with Gasteiger partial charge in [0.2, 0.25) is 5.91 Å². The molecule has 0 radical (unpaired) electrons. The van der Waals surface area contributed by atoms with E-state index in [1.807, 2.05) is 13.8 Å². The fourth-order valence-corrected chi connectivity index (χ4v) is 4.86. The Morgan fingerprint density at radius 3 is 2.13 bits per heavy atom. The third-order valence-corrected chi connectivity index (χ3v) is 7.27. The van der Waals surface area contributed by atoms with Gasteiger partial charge < -0.3 is 14.8 Å². The summed E-state index contributed by atoms with van der Waals surface area (Å²) >= 11 is 0. The van der Waals surface area contributed by atoms with Gasteiger partial charge in [-0.25, -0.2) is 0 Å².